The van der Waals surface area contributed by atoms with E-state index >= 15 is 0 Å². The van der Waals surface area contributed by atoms with Crippen molar-refractivity contribution in [1.82, 2.24) is 4.98 Å². The number of hydrogen-bond acceptors (Lipinski definition) is 4. The molecule has 0 radical (unpaired) electrons. The lowest BCUT2D eigenvalue weighted by Crippen LogP contribution is -2.15. The van der Waals surface area contributed by atoms with Gasteiger partial charge in [-0.25, -0.2) is 9.78 Å². The van der Waals surface area contributed by atoms with Gasteiger partial charge < -0.3 is 15.5 Å². The van der Waals surface area contributed by atoms with Crippen molar-refractivity contribution < 1.29 is 19.8 Å². The predicted molar refractivity (Wildman–Crippen MR) is 72.3 cm³/mol. The van der Waals surface area contributed by atoms with Crippen LogP contribution in [0, 0.1) is 0 Å². The number of carboxylic acids is 1. The van der Waals surface area contributed by atoms with Crippen molar-refractivity contribution in [1.29, 1.82) is 0 Å². The van der Waals surface area contributed by atoms with Crippen LogP contribution in [0.3, 0.4) is 0 Å². The number of carboxylic acid groups (broad SMARTS) is 1. The number of halogens is 1. The van der Waals surface area contributed by atoms with Gasteiger partial charge in [0.05, 0.1) is 11.3 Å². The average molecular weight is 293 g/mol. The lowest BCUT2D eigenvalue weighted by Gasteiger charge is -2.08. The van der Waals surface area contributed by atoms with E-state index in [-0.39, 0.29) is 27.7 Å². The van der Waals surface area contributed by atoms with Crippen LogP contribution in [0.1, 0.15) is 20.8 Å². The summed E-state index contributed by atoms with van der Waals surface area (Å²) in [6.45, 7) is 0. The Bertz CT molecular complexity index is 688. The minimum Gasteiger partial charge on any atom is -0.507 e. The van der Waals surface area contributed by atoms with E-state index in [9.17, 15) is 14.7 Å². The molecule has 0 aliphatic heterocycles. The topological polar surface area (TPSA) is 99.5 Å². The molecule has 3 N–H and O–H groups in total. The quantitative estimate of drug-likeness (QED) is 0.806. The van der Waals surface area contributed by atoms with Gasteiger partial charge in [-0.2, -0.15) is 0 Å². The Balaban J connectivity index is 2.33. The lowest BCUT2D eigenvalue weighted by atomic mass is 10.2. The first kappa shape index (κ1) is 13.8. The molecular formula is C13H9ClN2O4. The Kier molecular flexibility index (Phi) is 3.86. The number of rotatable bonds is 3. The van der Waals surface area contributed by atoms with Crippen molar-refractivity contribution in [2.75, 3.05) is 5.32 Å². The molecule has 20 heavy (non-hydrogen) atoms. The SMILES string of the molecule is O=C(Nc1cccnc1C(=O)O)c1cc(Cl)ccc1O. The maximum Gasteiger partial charge on any atom is 0.356 e. The Hall–Kier alpha value is -2.60. The fourth-order valence-corrected chi connectivity index (χ4v) is 1.73. The number of carbonyl (C=O) groups is 2. The highest BCUT2D eigenvalue weighted by Crippen LogP contribution is 2.23. The van der Waals surface area contributed by atoms with Crippen LogP contribution >= 0.6 is 11.6 Å². The van der Waals surface area contributed by atoms with Crippen LogP contribution < -0.4 is 5.32 Å². The number of phenols is 1. The number of nitrogens with one attached hydrogen (secondary N) is 1. The van der Waals surface area contributed by atoms with E-state index in [1.54, 1.807) is 0 Å². The normalized spacial score (nSPS) is 10.1. The van der Waals surface area contributed by atoms with Crippen molar-refractivity contribution in [3.8, 4) is 5.75 Å². The second-order valence-electron chi connectivity index (χ2n) is 3.82. The van der Waals surface area contributed by atoms with E-state index in [1.165, 1.54) is 36.5 Å². The highest BCUT2D eigenvalue weighted by Gasteiger charge is 2.16. The summed E-state index contributed by atoms with van der Waals surface area (Å²) in [5.74, 6) is -2.20. The number of amides is 1. The van der Waals surface area contributed by atoms with Crippen LogP contribution in [0.15, 0.2) is 36.5 Å². The molecule has 1 aromatic carbocycles. The van der Waals surface area contributed by atoms with Gasteiger partial charge in [0.2, 0.25) is 0 Å². The van der Waals surface area contributed by atoms with Gasteiger partial charge >= 0.3 is 5.97 Å². The Labute approximate surface area is 118 Å². The Morgan fingerprint density at radius 2 is 2.00 bits per heavy atom. The molecule has 7 heteroatoms. The molecule has 0 unspecified atom stereocenters. The van der Waals surface area contributed by atoms with E-state index in [4.69, 9.17) is 16.7 Å². The average Bonchev–Trinajstić information content (AvgIpc) is 2.41. The van der Waals surface area contributed by atoms with E-state index in [0.29, 0.717) is 0 Å². The van der Waals surface area contributed by atoms with Crippen molar-refractivity contribution in [3.05, 3.63) is 52.8 Å². The molecule has 0 fully saturated rings. The zero-order chi connectivity index (χ0) is 14.7. The van der Waals surface area contributed by atoms with E-state index < -0.39 is 11.9 Å². The summed E-state index contributed by atoms with van der Waals surface area (Å²) in [5, 5.41) is 21.2. The number of hydrogen-bond donors (Lipinski definition) is 3. The number of anilines is 1. The number of phenolic OH excluding ortho intramolecular Hbond substituents is 1. The maximum absolute atomic E-state index is 12.0. The molecule has 0 spiro atoms. The molecule has 6 nitrogen and oxygen atoms in total. The largest absolute Gasteiger partial charge is 0.507 e. The fourth-order valence-electron chi connectivity index (χ4n) is 1.56. The van der Waals surface area contributed by atoms with Crippen LogP contribution in [0.25, 0.3) is 0 Å². The second-order valence-corrected chi connectivity index (χ2v) is 4.26. The maximum atomic E-state index is 12.0. The van der Waals surface area contributed by atoms with Crippen LogP contribution in [0.5, 0.6) is 5.75 Å². The molecule has 2 rings (SSSR count). The molecule has 102 valence electrons. The minimum absolute atomic E-state index is 0.0318. The smallest absolute Gasteiger partial charge is 0.356 e. The minimum atomic E-state index is -1.27. The van der Waals surface area contributed by atoms with Crippen molar-refractivity contribution in [3.63, 3.8) is 0 Å². The number of benzene rings is 1. The number of nitrogens with zero attached hydrogens (tertiary/aromatic N) is 1. The zero-order valence-corrected chi connectivity index (χ0v) is 10.8. The third-order valence-electron chi connectivity index (χ3n) is 2.46. The summed E-state index contributed by atoms with van der Waals surface area (Å²) in [5.41, 5.74) is -0.315. The molecule has 0 aliphatic rings. The third kappa shape index (κ3) is 2.86. The van der Waals surface area contributed by atoms with Crippen LogP contribution in [0.4, 0.5) is 5.69 Å². The third-order valence-corrected chi connectivity index (χ3v) is 2.70. The molecule has 0 bridgehead atoms. The van der Waals surface area contributed by atoms with Gasteiger partial charge in [0.1, 0.15) is 5.75 Å². The van der Waals surface area contributed by atoms with Gasteiger partial charge in [-0.05, 0) is 30.3 Å². The van der Waals surface area contributed by atoms with Crippen molar-refractivity contribution >= 4 is 29.2 Å². The number of pyridine rings is 1. The molecule has 0 saturated heterocycles. The number of carbonyl (C=O) groups excluding carboxylic acids is 1. The summed E-state index contributed by atoms with van der Waals surface area (Å²) < 4.78 is 0. The van der Waals surface area contributed by atoms with E-state index in [0.717, 1.165) is 0 Å². The van der Waals surface area contributed by atoms with Gasteiger partial charge in [0, 0.05) is 11.2 Å². The van der Waals surface area contributed by atoms with E-state index in [2.05, 4.69) is 10.3 Å². The molecule has 0 aliphatic carbocycles. The molecule has 1 heterocycles. The van der Waals surface area contributed by atoms with Gasteiger partial charge in [-0.3, -0.25) is 4.79 Å². The van der Waals surface area contributed by atoms with Crippen LogP contribution in [-0.2, 0) is 0 Å². The first-order valence-electron chi connectivity index (χ1n) is 5.47. The van der Waals surface area contributed by atoms with Crippen LogP contribution in [-0.4, -0.2) is 27.1 Å². The summed E-state index contributed by atoms with van der Waals surface area (Å²) in [7, 11) is 0. The number of aromatic hydroxyl groups is 1. The van der Waals surface area contributed by atoms with Gasteiger partial charge in [0.25, 0.3) is 5.91 Å². The zero-order valence-electron chi connectivity index (χ0n) is 10.0. The fraction of sp³-hybridized carbons (Fsp3) is 0. The Morgan fingerprint density at radius 3 is 2.70 bits per heavy atom. The highest BCUT2D eigenvalue weighted by molar-refractivity contribution is 6.31. The summed E-state index contributed by atoms with van der Waals surface area (Å²) in [6, 6.07) is 6.87. The predicted octanol–water partition coefficient (Wildman–Crippen LogP) is 2.39. The number of aromatic carboxylic acids is 1. The standard InChI is InChI=1S/C13H9ClN2O4/c14-7-3-4-10(17)8(6-7)12(18)16-9-2-1-5-15-11(9)13(19)20/h1-6,17H,(H,16,18)(H,19,20). The summed E-state index contributed by atoms with van der Waals surface area (Å²) in [4.78, 5) is 26.7. The first-order chi connectivity index (χ1) is 9.49. The first-order valence-corrected chi connectivity index (χ1v) is 5.85. The van der Waals surface area contributed by atoms with Crippen molar-refractivity contribution in [2.45, 2.75) is 0 Å². The molecule has 1 amide bonds. The summed E-state index contributed by atoms with van der Waals surface area (Å²) >= 11 is 5.75. The second kappa shape index (κ2) is 5.58. The molecule has 0 atom stereocenters. The molecular weight excluding hydrogens is 284 g/mol. The monoisotopic (exact) mass is 292 g/mol. The summed E-state index contributed by atoms with van der Waals surface area (Å²) in [6.07, 6.45) is 1.30. The van der Waals surface area contributed by atoms with Crippen LogP contribution in [0.2, 0.25) is 5.02 Å². The van der Waals surface area contributed by atoms with Gasteiger partial charge in [0.15, 0.2) is 5.69 Å². The highest BCUT2D eigenvalue weighted by atomic mass is 35.5. The van der Waals surface area contributed by atoms with Crippen molar-refractivity contribution in [2.24, 2.45) is 0 Å². The lowest BCUT2D eigenvalue weighted by molar-refractivity contribution is 0.0691. The Morgan fingerprint density at radius 1 is 1.25 bits per heavy atom. The van der Waals surface area contributed by atoms with Gasteiger partial charge in [-0.1, -0.05) is 11.6 Å². The van der Waals surface area contributed by atoms with E-state index in [1.807, 2.05) is 0 Å². The molecule has 2 aromatic rings. The molecule has 0 saturated carbocycles. The number of aromatic nitrogens is 1. The molecule has 1 aromatic heterocycles. The van der Waals surface area contributed by atoms with Gasteiger partial charge in [-0.15, -0.1) is 0 Å².